The molecule has 0 fully saturated rings. The zero-order chi connectivity index (χ0) is 10.4. The van der Waals surface area contributed by atoms with E-state index in [0.29, 0.717) is 0 Å². The number of carboxylic acid groups (broad SMARTS) is 1. The predicted molar refractivity (Wildman–Crippen MR) is 56.7 cm³/mol. The van der Waals surface area contributed by atoms with Gasteiger partial charge in [-0.3, -0.25) is 0 Å². The molecular formula is C10H14O3S. The number of carbonyl (C=O) groups is 1. The van der Waals surface area contributed by atoms with Gasteiger partial charge in [-0.05, 0) is 18.2 Å². The standard InChI is InChI=1S/C10H14O3S/c1-2-3-4-14-7-9-5-8(6-13-9)10(11)12/h5-6H,2-4,7H2,1H3,(H,11,12). The van der Waals surface area contributed by atoms with Crippen LogP contribution in [0.2, 0.25) is 0 Å². The van der Waals surface area contributed by atoms with E-state index in [1.165, 1.54) is 19.1 Å². The van der Waals surface area contributed by atoms with Gasteiger partial charge in [-0.2, -0.15) is 11.8 Å². The number of carboxylic acids is 1. The van der Waals surface area contributed by atoms with Gasteiger partial charge in [0.1, 0.15) is 12.0 Å². The molecule has 4 heteroatoms. The quantitative estimate of drug-likeness (QED) is 0.739. The van der Waals surface area contributed by atoms with Crippen LogP contribution >= 0.6 is 11.8 Å². The fourth-order valence-corrected chi connectivity index (χ4v) is 1.98. The molecule has 78 valence electrons. The Hall–Kier alpha value is -0.900. The fourth-order valence-electron chi connectivity index (χ4n) is 0.988. The molecule has 1 aromatic rings. The summed E-state index contributed by atoms with van der Waals surface area (Å²) in [6, 6.07) is 1.58. The molecule has 3 nitrogen and oxygen atoms in total. The molecule has 0 aliphatic heterocycles. The van der Waals surface area contributed by atoms with Crippen LogP contribution < -0.4 is 0 Å². The van der Waals surface area contributed by atoms with E-state index in [0.717, 1.165) is 17.3 Å². The van der Waals surface area contributed by atoms with Crippen molar-refractivity contribution in [3.8, 4) is 0 Å². The number of aromatic carboxylic acids is 1. The van der Waals surface area contributed by atoms with E-state index in [1.54, 1.807) is 17.8 Å². The van der Waals surface area contributed by atoms with E-state index in [2.05, 4.69) is 6.92 Å². The molecule has 0 saturated heterocycles. The lowest BCUT2D eigenvalue weighted by Crippen LogP contribution is -1.91. The lowest BCUT2D eigenvalue weighted by Gasteiger charge is -1.95. The highest BCUT2D eigenvalue weighted by atomic mass is 32.2. The maximum atomic E-state index is 10.5. The largest absolute Gasteiger partial charge is 0.478 e. The molecule has 1 N–H and O–H groups in total. The number of rotatable bonds is 6. The molecule has 0 aliphatic rings. The summed E-state index contributed by atoms with van der Waals surface area (Å²) in [7, 11) is 0. The highest BCUT2D eigenvalue weighted by molar-refractivity contribution is 7.98. The van der Waals surface area contributed by atoms with Crippen molar-refractivity contribution in [3.05, 3.63) is 23.7 Å². The molecule has 0 atom stereocenters. The third-order valence-electron chi connectivity index (χ3n) is 1.79. The van der Waals surface area contributed by atoms with Crippen LogP contribution in [0.4, 0.5) is 0 Å². The van der Waals surface area contributed by atoms with Crippen LogP contribution in [0.25, 0.3) is 0 Å². The Balaban J connectivity index is 2.33. The Kier molecular flexibility index (Phi) is 4.59. The first-order chi connectivity index (χ1) is 6.74. The Morgan fingerprint density at radius 1 is 1.64 bits per heavy atom. The summed E-state index contributed by atoms with van der Waals surface area (Å²) in [5.74, 6) is 1.66. The van der Waals surface area contributed by atoms with Crippen LogP contribution in [-0.4, -0.2) is 16.8 Å². The first-order valence-electron chi connectivity index (χ1n) is 4.62. The first-order valence-corrected chi connectivity index (χ1v) is 5.78. The van der Waals surface area contributed by atoms with Crippen molar-refractivity contribution in [2.75, 3.05) is 5.75 Å². The highest BCUT2D eigenvalue weighted by Crippen LogP contribution is 2.16. The normalized spacial score (nSPS) is 10.4. The van der Waals surface area contributed by atoms with Crippen LogP contribution in [0.15, 0.2) is 16.7 Å². The smallest absolute Gasteiger partial charge is 0.338 e. The van der Waals surface area contributed by atoms with E-state index >= 15 is 0 Å². The zero-order valence-electron chi connectivity index (χ0n) is 8.16. The van der Waals surface area contributed by atoms with Crippen LogP contribution in [0.3, 0.4) is 0 Å². The summed E-state index contributed by atoms with van der Waals surface area (Å²) in [5.41, 5.74) is 0.232. The molecule has 14 heavy (non-hydrogen) atoms. The summed E-state index contributed by atoms with van der Waals surface area (Å²) in [6.07, 6.45) is 3.67. The van der Waals surface area contributed by atoms with Gasteiger partial charge in [0.25, 0.3) is 0 Å². The third-order valence-corrected chi connectivity index (χ3v) is 2.85. The summed E-state index contributed by atoms with van der Waals surface area (Å²) >= 11 is 1.77. The summed E-state index contributed by atoms with van der Waals surface area (Å²) in [5, 5.41) is 8.64. The monoisotopic (exact) mass is 214 g/mol. The van der Waals surface area contributed by atoms with Crippen LogP contribution in [0.5, 0.6) is 0 Å². The van der Waals surface area contributed by atoms with Crippen molar-refractivity contribution < 1.29 is 14.3 Å². The molecular weight excluding hydrogens is 200 g/mol. The van der Waals surface area contributed by atoms with Crippen molar-refractivity contribution in [1.82, 2.24) is 0 Å². The van der Waals surface area contributed by atoms with Gasteiger partial charge in [0, 0.05) is 0 Å². The number of furan rings is 1. The zero-order valence-corrected chi connectivity index (χ0v) is 8.97. The molecule has 0 radical (unpaired) electrons. The number of hydrogen-bond acceptors (Lipinski definition) is 3. The summed E-state index contributed by atoms with van der Waals surface area (Å²) in [6.45, 7) is 2.15. The Morgan fingerprint density at radius 3 is 3.00 bits per heavy atom. The molecule has 1 heterocycles. The topological polar surface area (TPSA) is 50.4 Å². The van der Waals surface area contributed by atoms with Gasteiger partial charge >= 0.3 is 5.97 Å². The lowest BCUT2D eigenvalue weighted by atomic mass is 10.3. The van der Waals surface area contributed by atoms with Gasteiger partial charge in [0.2, 0.25) is 0 Å². The second kappa shape index (κ2) is 5.75. The maximum absolute atomic E-state index is 10.5. The third kappa shape index (κ3) is 3.46. The number of hydrogen-bond donors (Lipinski definition) is 1. The number of thioether (sulfide) groups is 1. The molecule has 0 saturated carbocycles. The fraction of sp³-hybridized carbons (Fsp3) is 0.500. The van der Waals surface area contributed by atoms with E-state index in [-0.39, 0.29) is 5.56 Å². The minimum atomic E-state index is -0.932. The van der Waals surface area contributed by atoms with Crippen LogP contribution in [-0.2, 0) is 5.75 Å². The van der Waals surface area contributed by atoms with E-state index in [1.807, 2.05) is 0 Å². The van der Waals surface area contributed by atoms with Gasteiger partial charge in [0.15, 0.2) is 0 Å². The predicted octanol–water partition coefficient (Wildman–Crippen LogP) is 3.01. The maximum Gasteiger partial charge on any atom is 0.338 e. The molecule has 0 aliphatic carbocycles. The van der Waals surface area contributed by atoms with Gasteiger partial charge in [-0.25, -0.2) is 4.79 Å². The molecule has 1 rings (SSSR count). The van der Waals surface area contributed by atoms with E-state index < -0.39 is 5.97 Å². The van der Waals surface area contributed by atoms with Crippen LogP contribution in [0.1, 0.15) is 35.9 Å². The van der Waals surface area contributed by atoms with Gasteiger partial charge in [-0.15, -0.1) is 0 Å². The molecule has 1 aromatic heterocycles. The molecule has 0 unspecified atom stereocenters. The van der Waals surface area contributed by atoms with E-state index in [9.17, 15) is 4.79 Å². The average Bonchev–Trinajstić information content (AvgIpc) is 2.61. The number of unbranched alkanes of at least 4 members (excludes halogenated alkanes) is 1. The van der Waals surface area contributed by atoms with Crippen molar-refractivity contribution in [2.45, 2.75) is 25.5 Å². The van der Waals surface area contributed by atoms with Crippen molar-refractivity contribution in [3.63, 3.8) is 0 Å². The van der Waals surface area contributed by atoms with Crippen LogP contribution in [0, 0.1) is 0 Å². The molecule has 0 spiro atoms. The van der Waals surface area contributed by atoms with Crippen molar-refractivity contribution >= 4 is 17.7 Å². The first kappa shape index (κ1) is 11.2. The van der Waals surface area contributed by atoms with Gasteiger partial charge in [0.05, 0.1) is 11.3 Å². The second-order valence-electron chi connectivity index (χ2n) is 3.01. The summed E-state index contributed by atoms with van der Waals surface area (Å²) in [4.78, 5) is 10.5. The Labute approximate surface area is 87.5 Å². The average molecular weight is 214 g/mol. The van der Waals surface area contributed by atoms with Crippen molar-refractivity contribution in [2.24, 2.45) is 0 Å². The lowest BCUT2D eigenvalue weighted by molar-refractivity contribution is 0.0696. The minimum Gasteiger partial charge on any atom is -0.478 e. The minimum absolute atomic E-state index is 0.232. The SMILES string of the molecule is CCCCSCc1cc(C(=O)O)co1. The molecule has 0 amide bonds. The van der Waals surface area contributed by atoms with E-state index in [4.69, 9.17) is 9.52 Å². The molecule has 0 bridgehead atoms. The Morgan fingerprint density at radius 2 is 2.43 bits per heavy atom. The summed E-state index contributed by atoms with van der Waals surface area (Å²) < 4.78 is 5.10. The molecule has 0 aromatic carbocycles. The van der Waals surface area contributed by atoms with Gasteiger partial charge < -0.3 is 9.52 Å². The van der Waals surface area contributed by atoms with Crippen molar-refractivity contribution in [1.29, 1.82) is 0 Å². The van der Waals surface area contributed by atoms with Gasteiger partial charge in [-0.1, -0.05) is 13.3 Å². The Bertz CT molecular complexity index is 293. The second-order valence-corrected chi connectivity index (χ2v) is 4.12. The highest BCUT2D eigenvalue weighted by Gasteiger charge is 2.07.